The van der Waals surface area contributed by atoms with Gasteiger partial charge in [-0.05, 0) is 40.5 Å². The number of methoxy groups -OCH3 is 1. The second-order valence-electron chi connectivity index (χ2n) is 6.76. The lowest BCUT2D eigenvalue weighted by molar-refractivity contribution is -0.136. The van der Waals surface area contributed by atoms with Crippen molar-refractivity contribution in [1.29, 1.82) is 0 Å². The number of nitrogens with zero attached hydrogens (tertiary/aromatic N) is 1. The van der Waals surface area contributed by atoms with Crippen LogP contribution in [0.15, 0.2) is 79.0 Å². The summed E-state index contributed by atoms with van der Waals surface area (Å²) >= 11 is 0. The number of aliphatic carboxylic acids is 1. The highest BCUT2D eigenvalue weighted by molar-refractivity contribution is 5.89. The fourth-order valence-electron chi connectivity index (χ4n) is 3.65. The van der Waals surface area contributed by atoms with E-state index in [2.05, 4.69) is 28.8 Å². The summed E-state index contributed by atoms with van der Waals surface area (Å²) in [6.45, 7) is 0.660. The Bertz CT molecular complexity index is 1130. The Morgan fingerprint density at radius 2 is 1.71 bits per heavy atom. The Morgan fingerprint density at radius 1 is 0.964 bits per heavy atom. The van der Waals surface area contributed by atoms with E-state index in [9.17, 15) is 9.90 Å². The first-order chi connectivity index (χ1) is 13.7. The summed E-state index contributed by atoms with van der Waals surface area (Å²) in [5.74, 6) is -0.117. The fourth-order valence-corrected chi connectivity index (χ4v) is 3.65. The van der Waals surface area contributed by atoms with E-state index in [1.807, 2.05) is 54.7 Å². The number of hydrogen-bond donors (Lipinski definition) is 1. The van der Waals surface area contributed by atoms with E-state index in [0.29, 0.717) is 6.54 Å². The highest BCUT2D eigenvalue weighted by Crippen LogP contribution is 2.29. The van der Waals surface area contributed by atoms with E-state index < -0.39 is 5.97 Å². The van der Waals surface area contributed by atoms with Crippen LogP contribution in [0.4, 0.5) is 0 Å². The smallest absolute Gasteiger partial charge is 0.307 e. The van der Waals surface area contributed by atoms with E-state index in [1.54, 1.807) is 7.11 Å². The number of ether oxygens (including phenoxy) is 1. The predicted octanol–water partition coefficient (Wildman–Crippen LogP) is 4.99. The minimum absolute atomic E-state index is 0.0169. The van der Waals surface area contributed by atoms with Gasteiger partial charge in [0.05, 0.1) is 13.5 Å². The molecule has 0 amide bonds. The van der Waals surface area contributed by atoms with Crippen LogP contribution in [0.25, 0.3) is 22.0 Å². The van der Waals surface area contributed by atoms with Crippen molar-refractivity contribution in [2.75, 3.05) is 7.11 Å². The van der Waals surface area contributed by atoms with E-state index in [0.717, 1.165) is 22.2 Å². The van der Waals surface area contributed by atoms with Crippen molar-refractivity contribution in [3.63, 3.8) is 0 Å². The lowest BCUT2D eigenvalue weighted by Gasteiger charge is -2.12. The molecule has 0 atom stereocenters. The summed E-state index contributed by atoms with van der Waals surface area (Å²) in [5.41, 5.74) is 5.32. The minimum Gasteiger partial charge on any atom is -0.497 e. The number of benzene rings is 3. The maximum atomic E-state index is 11.3. The van der Waals surface area contributed by atoms with Crippen LogP contribution < -0.4 is 4.74 Å². The molecular weight excluding hydrogens is 350 g/mol. The summed E-state index contributed by atoms with van der Waals surface area (Å²) in [5, 5.41) is 10.2. The quantitative estimate of drug-likeness (QED) is 0.519. The van der Waals surface area contributed by atoms with Gasteiger partial charge in [0.2, 0.25) is 0 Å². The van der Waals surface area contributed by atoms with Crippen LogP contribution >= 0.6 is 0 Å². The molecule has 0 aliphatic rings. The van der Waals surface area contributed by atoms with Gasteiger partial charge in [-0.1, -0.05) is 54.6 Å². The van der Waals surface area contributed by atoms with E-state index in [-0.39, 0.29) is 6.42 Å². The minimum atomic E-state index is -0.841. The lowest BCUT2D eigenvalue weighted by Crippen LogP contribution is -2.01. The molecule has 1 heterocycles. The molecule has 140 valence electrons. The Morgan fingerprint density at radius 3 is 2.46 bits per heavy atom. The largest absolute Gasteiger partial charge is 0.497 e. The third-order valence-electron chi connectivity index (χ3n) is 4.96. The molecule has 1 N–H and O–H groups in total. The SMILES string of the molecule is COc1ccc2c(c1)c(CC(=O)O)cn2Cc1ccccc1-c1ccccc1. The van der Waals surface area contributed by atoms with Crippen LogP contribution in [0.2, 0.25) is 0 Å². The molecule has 0 radical (unpaired) electrons. The Kier molecular flexibility index (Phi) is 4.85. The topological polar surface area (TPSA) is 51.5 Å². The molecule has 3 aromatic carbocycles. The highest BCUT2D eigenvalue weighted by atomic mass is 16.5. The van der Waals surface area contributed by atoms with Gasteiger partial charge < -0.3 is 14.4 Å². The first kappa shape index (κ1) is 17.9. The molecule has 4 heteroatoms. The molecule has 28 heavy (non-hydrogen) atoms. The molecule has 0 bridgehead atoms. The number of carboxylic acids is 1. The van der Waals surface area contributed by atoms with Crippen molar-refractivity contribution >= 4 is 16.9 Å². The van der Waals surface area contributed by atoms with Crippen LogP contribution in [0, 0.1) is 0 Å². The maximum Gasteiger partial charge on any atom is 0.307 e. The third-order valence-corrected chi connectivity index (χ3v) is 4.96. The molecule has 0 unspecified atom stereocenters. The first-order valence-electron chi connectivity index (χ1n) is 9.16. The molecule has 0 aliphatic heterocycles. The second-order valence-corrected chi connectivity index (χ2v) is 6.76. The molecule has 4 nitrogen and oxygen atoms in total. The van der Waals surface area contributed by atoms with Gasteiger partial charge in [-0.3, -0.25) is 4.79 Å². The zero-order chi connectivity index (χ0) is 19.5. The van der Waals surface area contributed by atoms with Crippen LogP contribution in [0.1, 0.15) is 11.1 Å². The van der Waals surface area contributed by atoms with Gasteiger partial charge in [0.15, 0.2) is 0 Å². The van der Waals surface area contributed by atoms with Crippen LogP contribution in [0.3, 0.4) is 0 Å². The number of carbonyl (C=O) groups is 1. The molecule has 0 spiro atoms. The zero-order valence-corrected chi connectivity index (χ0v) is 15.6. The molecular formula is C24H21NO3. The Hall–Kier alpha value is -3.53. The van der Waals surface area contributed by atoms with Crippen molar-refractivity contribution in [1.82, 2.24) is 4.57 Å². The standard InChI is InChI=1S/C24H21NO3/c1-28-20-11-12-23-22(14-20)19(13-24(26)27)16-25(23)15-18-9-5-6-10-21(18)17-7-3-2-4-8-17/h2-12,14,16H,13,15H2,1H3,(H,26,27). The number of fused-ring (bicyclic) bond motifs is 1. The van der Waals surface area contributed by atoms with Gasteiger partial charge in [-0.15, -0.1) is 0 Å². The van der Waals surface area contributed by atoms with Gasteiger partial charge in [-0.2, -0.15) is 0 Å². The number of carboxylic acid groups (broad SMARTS) is 1. The van der Waals surface area contributed by atoms with Crippen LogP contribution in [-0.4, -0.2) is 22.8 Å². The predicted molar refractivity (Wildman–Crippen MR) is 111 cm³/mol. The summed E-state index contributed by atoms with van der Waals surface area (Å²) in [6.07, 6.45) is 1.93. The summed E-state index contributed by atoms with van der Waals surface area (Å²) in [4.78, 5) is 11.3. The van der Waals surface area contributed by atoms with Crippen LogP contribution in [-0.2, 0) is 17.8 Å². The van der Waals surface area contributed by atoms with Crippen LogP contribution in [0.5, 0.6) is 5.75 Å². The Labute approximate surface area is 163 Å². The number of rotatable bonds is 6. The molecule has 1 aromatic heterocycles. The van der Waals surface area contributed by atoms with E-state index >= 15 is 0 Å². The van der Waals surface area contributed by atoms with Gasteiger partial charge in [0, 0.05) is 23.6 Å². The molecule has 0 fully saturated rings. The third kappa shape index (κ3) is 3.49. The van der Waals surface area contributed by atoms with Crippen molar-refractivity contribution in [2.24, 2.45) is 0 Å². The maximum absolute atomic E-state index is 11.3. The highest BCUT2D eigenvalue weighted by Gasteiger charge is 2.14. The van der Waals surface area contributed by atoms with Gasteiger partial charge in [-0.25, -0.2) is 0 Å². The normalized spacial score (nSPS) is 10.9. The average molecular weight is 371 g/mol. The summed E-state index contributed by atoms with van der Waals surface area (Å²) < 4.78 is 7.45. The van der Waals surface area contributed by atoms with Gasteiger partial charge in [0.1, 0.15) is 5.75 Å². The monoisotopic (exact) mass is 371 g/mol. The first-order valence-corrected chi connectivity index (χ1v) is 9.16. The van der Waals surface area contributed by atoms with Crippen molar-refractivity contribution in [3.8, 4) is 16.9 Å². The second kappa shape index (κ2) is 7.61. The number of aromatic nitrogens is 1. The fraction of sp³-hybridized carbons (Fsp3) is 0.125. The van der Waals surface area contributed by atoms with Crippen molar-refractivity contribution in [3.05, 3.63) is 90.1 Å². The molecule has 0 saturated heterocycles. The molecule has 4 aromatic rings. The molecule has 0 saturated carbocycles. The average Bonchev–Trinajstić information content (AvgIpc) is 3.05. The Balaban J connectivity index is 1.80. The zero-order valence-electron chi connectivity index (χ0n) is 15.6. The van der Waals surface area contributed by atoms with Crippen molar-refractivity contribution < 1.29 is 14.6 Å². The lowest BCUT2D eigenvalue weighted by atomic mass is 10.00. The summed E-state index contributed by atoms with van der Waals surface area (Å²) in [6, 6.07) is 24.4. The van der Waals surface area contributed by atoms with Gasteiger partial charge >= 0.3 is 5.97 Å². The molecule has 0 aliphatic carbocycles. The summed E-state index contributed by atoms with van der Waals surface area (Å²) in [7, 11) is 1.62. The molecule has 4 rings (SSSR count). The van der Waals surface area contributed by atoms with Gasteiger partial charge in [0.25, 0.3) is 0 Å². The van der Waals surface area contributed by atoms with E-state index in [1.165, 1.54) is 16.7 Å². The number of hydrogen-bond acceptors (Lipinski definition) is 2. The van der Waals surface area contributed by atoms with Crippen molar-refractivity contribution in [2.45, 2.75) is 13.0 Å². The van der Waals surface area contributed by atoms with E-state index in [4.69, 9.17) is 4.74 Å².